The Morgan fingerprint density at radius 1 is 1.00 bits per heavy atom. The largest absolute Gasteiger partial charge is 0.341 e. The minimum Gasteiger partial charge on any atom is -0.341 e. The lowest BCUT2D eigenvalue weighted by Gasteiger charge is -2.28. The van der Waals surface area contributed by atoms with Crippen LogP contribution in [0.4, 0.5) is 0 Å². The first-order valence-corrected chi connectivity index (χ1v) is 9.67. The van der Waals surface area contributed by atoms with E-state index >= 15 is 0 Å². The molecule has 25 heavy (non-hydrogen) atoms. The Morgan fingerprint density at radius 2 is 1.64 bits per heavy atom. The second kappa shape index (κ2) is 8.03. The molecule has 1 saturated heterocycles. The second-order valence-corrected chi connectivity index (χ2v) is 7.82. The highest BCUT2D eigenvalue weighted by atomic mass is 16.2. The van der Waals surface area contributed by atoms with Gasteiger partial charge in [0.2, 0.25) is 11.8 Å². The third-order valence-corrected chi connectivity index (χ3v) is 5.47. The summed E-state index contributed by atoms with van der Waals surface area (Å²) < 4.78 is 0. The van der Waals surface area contributed by atoms with E-state index in [9.17, 15) is 9.59 Å². The van der Waals surface area contributed by atoms with Crippen LogP contribution >= 0.6 is 0 Å². The Kier molecular flexibility index (Phi) is 5.77. The molecule has 0 N–H and O–H groups in total. The number of carbonyl (C=O) groups is 2. The van der Waals surface area contributed by atoms with E-state index in [4.69, 9.17) is 0 Å². The van der Waals surface area contributed by atoms with Gasteiger partial charge >= 0.3 is 0 Å². The highest BCUT2D eigenvalue weighted by Gasteiger charge is 2.35. The van der Waals surface area contributed by atoms with Crippen molar-refractivity contribution < 1.29 is 9.59 Å². The van der Waals surface area contributed by atoms with Crippen molar-refractivity contribution in [1.29, 1.82) is 0 Å². The van der Waals surface area contributed by atoms with Gasteiger partial charge in [-0.15, -0.1) is 0 Å². The van der Waals surface area contributed by atoms with E-state index in [1.54, 1.807) is 0 Å². The molecule has 0 aromatic heterocycles. The van der Waals surface area contributed by atoms with Crippen LogP contribution in [-0.2, 0) is 16.0 Å². The zero-order chi connectivity index (χ0) is 17.8. The lowest BCUT2D eigenvalue weighted by Crippen LogP contribution is -2.42. The van der Waals surface area contributed by atoms with Crippen LogP contribution in [0.2, 0.25) is 0 Å². The summed E-state index contributed by atoms with van der Waals surface area (Å²) in [5.74, 6) is 1.13. The summed E-state index contributed by atoms with van der Waals surface area (Å²) in [5, 5.41) is 0. The smallest absolute Gasteiger partial charge is 0.226 e. The Labute approximate surface area is 151 Å². The molecule has 1 atom stereocenters. The molecule has 136 valence electrons. The van der Waals surface area contributed by atoms with Crippen molar-refractivity contribution >= 4 is 11.8 Å². The molecule has 2 fully saturated rings. The van der Waals surface area contributed by atoms with E-state index in [2.05, 4.69) is 26.0 Å². The zero-order valence-electron chi connectivity index (χ0n) is 15.5. The molecule has 4 nitrogen and oxygen atoms in total. The molecule has 1 aliphatic heterocycles. The van der Waals surface area contributed by atoms with E-state index in [0.717, 1.165) is 38.8 Å². The van der Waals surface area contributed by atoms with Crippen molar-refractivity contribution in [2.45, 2.75) is 39.5 Å². The average Bonchev–Trinajstić information content (AvgIpc) is 3.45. The van der Waals surface area contributed by atoms with E-state index in [0.29, 0.717) is 24.9 Å². The molecule has 1 unspecified atom stereocenters. The van der Waals surface area contributed by atoms with Crippen LogP contribution in [0, 0.1) is 17.8 Å². The summed E-state index contributed by atoms with van der Waals surface area (Å²) in [6.45, 7) is 7.19. The maximum absolute atomic E-state index is 13.1. The van der Waals surface area contributed by atoms with E-state index < -0.39 is 0 Å². The van der Waals surface area contributed by atoms with Gasteiger partial charge in [-0.25, -0.2) is 0 Å². The predicted molar refractivity (Wildman–Crippen MR) is 99.0 cm³/mol. The molecular weight excluding hydrogens is 312 g/mol. The fraction of sp³-hybridized carbons (Fsp3) is 0.619. The Balaban J connectivity index is 1.62. The first-order valence-electron chi connectivity index (χ1n) is 9.67. The van der Waals surface area contributed by atoms with Crippen molar-refractivity contribution in [2.24, 2.45) is 17.8 Å². The van der Waals surface area contributed by atoms with Crippen molar-refractivity contribution in [3.63, 3.8) is 0 Å². The van der Waals surface area contributed by atoms with E-state index in [1.807, 2.05) is 28.0 Å². The van der Waals surface area contributed by atoms with Crippen molar-refractivity contribution in [1.82, 2.24) is 9.80 Å². The van der Waals surface area contributed by atoms with Crippen LogP contribution in [0.3, 0.4) is 0 Å². The van der Waals surface area contributed by atoms with Crippen LogP contribution in [0.5, 0.6) is 0 Å². The lowest BCUT2D eigenvalue weighted by atomic mass is 9.88. The molecule has 1 saturated carbocycles. The monoisotopic (exact) mass is 342 g/mol. The Hall–Kier alpha value is -1.84. The summed E-state index contributed by atoms with van der Waals surface area (Å²) in [4.78, 5) is 29.4. The molecule has 2 amide bonds. The van der Waals surface area contributed by atoms with Crippen LogP contribution in [0.1, 0.15) is 38.7 Å². The molecule has 0 spiro atoms. The summed E-state index contributed by atoms with van der Waals surface area (Å²) in [6, 6.07) is 10.3. The predicted octanol–water partition coefficient (Wildman–Crippen LogP) is 2.97. The van der Waals surface area contributed by atoms with Gasteiger partial charge in [0, 0.05) is 38.0 Å². The zero-order valence-corrected chi connectivity index (χ0v) is 15.5. The minimum absolute atomic E-state index is 0.00748. The molecule has 3 rings (SSSR count). The molecule has 2 aliphatic rings. The third kappa shape index (κ3) is 4.62. The van der Waals surface area contributed by atoms with Crippen LogP contribution in [0.15, 0.2) is 30.3 Å². The summed E-state index contributed by atoms with van der Waals surface area (Å²) in [5.41, 5.74) is 1.22. The molecule has 1 aromatic carbocycles. The normalized spacial score (nSPS) is 19.6. The fourth-order valence-electron chi connectivity index (χ4n) is 3.66. The standard InChI is InChI=1S/C21H30N2O2/c1-16(2)19(15-17-7-4-3-5-8-17)21(25)23-12-6-11-22(13-14-23)20(24)18-9-10-18/h3-5,7-8,16,18-19H,6,9-15H2,1-2H3. The maximum Gasteiger partial charge on any atom is 0.226 e. The number of benzene rings is 1. The highest BCUT2D eigenvalue weighted by Crippen LogP contribution is 2.31. The van der Waals surface area contributed by atoms with Crippen molar-refractivity contribution in [3.8, 4) is 0 Å². The van der Waals surface area contributed by atoms with Crippen LogP contribution in [-0.4, -0.2) is 47.8 Å². The summed E-state index contributed by atoms with van der Waals surface area (Å²) >= 11 is 0. The first-order chi connectivity index (χ1) is 12.1. The number of hydrogen-bond donors (Lipinski definition) is 0. The fourth-order valence-corrected chi connectivity index (χ4v) is 3.66. The molecule has 1 aliphatic carbocycles. The quantitative estimate of drug-likeness (QED) is 0.825. The maximum atomic E-state index is 13.1. The van der Waals surface area contributed by atoms with Gasteiger partial charge < -0.3 is 9.80 Å². The number of rotatable bonds is 5. The average molecular weight is 342 g/mol. The highest BCUT2D eigenvalue weighted by molar-refractivity contribution is 5.82. The SMILES string of the molecule is CC(C)C(Cc1ccccc1)C(=O)N1CCCN(C(=O)C2CC2)CC1. The molecule has 0 bridgehead atoms. The second-order valence-electron chi connectivity index (χ2n) is 7.82. The molecule has 1 heterocycles. The molecular formula is C21H30N2O2. The van der Waals surface area contributed by atoms with E-state index in [-0.39, 0.29) is 17.7 Å². The van der Waals surface area contributed by atoms with Crippen molar-refractivity contribution in [2.75, 3.05) is 26.2 Å². The number of nitrogens with zero attached hydrogens (tertiary/aromatic N) is 2. The lowest BCUT2D eigenvalue weighted by molar-refractivity contribution is -0.138. The third-order valence-electron chi connectivity index (χ3n) is 5.47. The number of hydrogen-bond acceptors (Lipinski definition) is 2. The summed E-state index contributed by atoms with van der Waals surface area (Å²) in [6.07, 6.45) is 3.77. The topological polar surface area (TPSA) is 40.6 Å². The minimum atomic E-state index is 0.00748. The van der Waals surface area contributed by atoms with Crippen LogP contribution in [0.25, 0.3) is 0 Å². The van der Waals surface area contributed by atoms with Gasteiger partial charge in [-0.2, -0.15) is 0 Å². The number of amides is 2. The van der Waals surface area contributed by atoms with Gasteiger partial charge in [0.05, 0.1) is 0 Å². The van der Waals surface area contributed by atoms with E-state index in [1.165, 1.54) is 5.56 Å². The number of carbonyl (C=O) groups excluding carboxylic acids is 2. The van der Waals surface area contributed by atoms with Gasteiger partial charge in [-0.3, -0.25) is 9.59 Å². The van der Waals surface area contributed by atoms with Gasteiger partial charge in [0.1, 0.15) is 0 Å². The van der Waals surface area contributed by atoms with Crippen LogP contribution < -0.4 is 0 Å². The van der Waals surface area contributed by atoms with Gasteiger partial charge in [-0.1, -0.05) is 44.2 Å². The van der Waals surface area contributed by atoms with Gasteiger partial charge in [-0.05, 0) is 37.2 Å². The molecule has 0 radical (unpaired) electrons. The molecule has 4 heteroatoms. The Morgan fingerprint density at radius 3 is 2.28 bits per heavy atom. The molecule has 1 aromatic rings. The van der Waals surface area contributed by atoms with Gasteiger partial charge in [0.15, 0.2) is 0 Å². The van der Waals surface area contributed by atoms with Crippen molar-refractivity contribution in [3.05, 3.63) is 35.9 Å². The first kappa shape index (κ1) is 18.0. The summed E-state index contributed by atoms with van der Waals surface area (Å²) in [7, 11) is 0. The van der Waals surface area contributed by atoms with Gasteiger partial charge in [0.25, 0.3) is 0 Å². The Bertz CT molecular complexity index is 595.